The molecule has 0 saturated carbocycles. The summed E-state index contributed by atoms with van der Waals surface area (Å²) in [7, 11) is 0. The van der Waals surface area contributed by atoms with Crippen molar-refractivity contribution in [2.45, 2.75) is 0 Å². The van der Waals surface area contributed by atoms with Gasteiger partial charge in [-0.2, -0.15) is 0 Å². The molecule has 0 N–H and O–H groups in total. The van der Waals surface area contributed by atoms with Crippen molar-refractivity contribution in [2.75, 3.05) is 0 Å². The minimum Gasteiger partial charge on any atom is -0.0622 e. The Hall–Kier alpha value is -12.0. The molecule has 18 rings (SSSR count). The summed E-state index contributed by atoms with van der Waals surface area (Å²) in [5.41, 5.74) is 15.1. The normalized spacial score (nSPS) is 13.0. The summed E-state index contributed by atoms with van der Waals surface area (Å²) in [5.74, 6) is 0. The van der Waals surface area contributed by atoms with Crippen molar-refractivity contribution in [2.24, 2.45) is 0 Å². The molecule has 0 fully saturated rings. The Bertz CT molecular complexity index is 6310. The van der Waals surface area contributed by atoms with E-state index in [2.05, 4.69) is 231 Å². The second-order valence-electron chi connectivity index (χ2n) is 23.4. The maximum absolute atomic E-state index is 8.91. The molecule has 0 bridgehead atoms. The van der Waals surface area contributed by atoms with E-state index in [1.54, 1.807) is 0 Å². The van der Waals surface area contributed by atoms with Gasteiger partial charge in [-0.15, -0.1) is 0 Å². The van der Waals surface area contributed by atoms with Crippen molar-refractivity contribution in [3.63, 3.8) is 0 Å². The van der Waals surface area contributed by atoms with E-state index in [9.17, 15) is 0 Å². The van der Waals surface area contributed by atoms with Gasteiger partial charge in [0.25, 0.3) is 0 Å². The quantitative estimate of drug-likeness (QED) is 0.133. The molecule has 0 saturated heterocycles. The maximum atomic E-state index is 8.91. The largest absolute Gasteiger partial charge is 0.0629 e. The molecule has 18 aromatic carbocycles. The van der Waals surface area contributed by atoms with Crippen LogP contribution in [-0.2, 0) is 0 Å². The summed E-state index contributed by atoms with van der Waals surface area (Å²) in [6.07, 6.45) is 0. The zero-order chi connectivity index (χ0) is 69.6. The molecular weight excluding hydrogens is 1110 g/mol. The number of hydrogen-bond donors (Lipinski definition) is 0. The molecule has 0 aliphatic rings. The number of hydrogen-bond acceptors (Lipinski definition) is 0. The van der Waals surface area contributed by atoms with Crippen LogP contribution < -0.4 is 0 Å². The molecule has 0 aromatic heterocycles. The molecule has 0 spiro atoms. The molecular formula is C92H60. The molecule has 0 aliphatic heterocycles. The number of rotatable bonds is 8. The second-order valence-corrected chi connectivity index (χ2v) is 23.4. The molecule has 0 unspecified atom stereocenters. The zero-order valence-electron chi connectivity index (χ0n) is 59.9. The van der Waals surface area contributed by atoms with Gasteiger partial charge in [-0.05, 0) is 206 Å². The SMILES string of the molecule is [2H]c1c([2H])c([2H])c(-c2c3ccccc3c(-c3cc(-c4ccc(-c5ccc6ccccc6c5)cc4)cc4ccccc34)c3ccccc23)c([2H])c1[2H].[2H]c1c([2H])c([2H])c(-c2c3ccccc3c(-c3cc(-c4ccc(-c5cccc6ccccc56)cc4)cc4ccccc34)c3ccccc23)c([2H])c1[2H]. The second kappa shape index (κ2) is 23.2. The third-order valence-corrected chi connectivity index (χ3v) is 18.2. The molecule has 0 amide bonds. The van der Waals surface area contributed by atoms with Crippen LogP contribution in [0.1, 0.15) is 13.7 Å². The van der Waals surface area contributed by atoms with Crippen molar-refractivity contribution < 1.29 is 13.7 Å². The first-order valence-electron chi connectivity index (χ1n) is 36.1. The molecule has 0 heteroatoms. The van der Waals surface area contributed by atoms with Crippen molar-refractivity contribution in [1.82, 2.24) is 0 Å². The monoisotopic (exact) mass is 1170 g/mol. The van der Waals surface area contributed by atoms with Gasteiger partial charge in [0.1, 0.15) is 0 Å². The molecule has 428 valence electrons. The average Bonchev–Trinajstić information content (AvgIpc) is 0.723. The number of fused-ring (bicyclic) bond motifs is 8. The van der Waals surface area contributed by atoms with Gasteiger partial charge in [0.15, 0.2) is 0 Å². The van der Waals surface area contributed by atoms with E-state index in [-0.39, 0.29) is 59.5 Å². The van der Waals surface area contributed by atoms with Gasteiger partial charge >= 0.3 is 0 Å². The van der Waals surface area contributed by atoms with Gasteiger partial charge in [0.05, 0.1) is 13.7 Å². The predicted octanol–water partition coefficient (Wildman–Crippen LogP) is 25.9. The third-order valence-electron chi connectivity index (χ3n) is 18.2. The van der Waals surface area contributed by atoms with Crippen LogP contribution in [0.3, 0.4) is 0 Å². The lowest BCUT2D eigenvalue weighted by atomic mass is 9.84. The lowest BCUT2D eigenvalue weighted by Gasteiger charge is -2.19. The summed E-state index contributed by atoms with van der Waals surface area (Å²) in [6, 6.07) is 103. The number of benzene rings is 18. The van der Waals surface area contributed by atoms with E-state index < -0.39 is 12.1 Å². The highest BCUT2D eigenvalue weighted by atomic mass is 14.2. The third kappa shape index (κ3) is 9.65. The van der Waals surface area contributed by atoms with Gasteiger partial charge in [0.2, 0.25) is 0 Å². The molecule has 18 aromatic rings. The Labute approximate surface area is 549 Å². The predicted molar refractivity (Wildman–Crippen MR) is 396 cm³/mol. The highest BCUT2D eigenvalue weighted by molar-refractivity contribution is 6.25. The Morgan fingerprint density at radius 1 is 0.152 bits per heavy atom. The summed E-state index contributed by atoms with van der Waals surface area (Å²) in [5, 5.41) is 16.5. The topological polar surface area (TPSA) is 0 Å². The van der Waals surface area contributed by atoms with Crippen LogP contribution in [0.25, 0.3) is 175 Å². The molecule has 92 heavy (non-hydrogen) atoms. The van der Waals surface area contributed by atoms with Crippen LogP contribution in [0, 0.1) is 0 Å². The Kier molecular flexibility index (Phi) is 11.2. The highest BCUT2D eigenvalue weighted by Crippen LogP contribution is 2.49. The lowest BCUT2D eigenvalue weighted by molar-refractivity contribution is 1.61. The van der Waals surface area contributed by atoms with Crippen LogP contribution in [0.4, 0.5) is 0 Å². The van der Waals surface area contributed by atoms with Crippen molar-refractivity contribution in [3.8, 4) is 89.0 Å². The Balaban J connectivity index is 0.000000152. The fraction of sp³-hybridized carbons (Fsp3) is 0. The van der Waals surface area contributed by atoms with E-state index in [4.69, 9.17) is 13.7 Å². The van der Waals surface area contributed by atoms with Gasteiger partial charge < -0.3 is 0 Å². The van der Waals surface area contributed by atoms with Crippen LogP contribution in [0.5, 0.6) is 0 Å². The molecule has 0 nitrogen and oxygen atoms in total. The van der Waals surface area contributed by atoms with Gasteiger partial charge in [-0.1, -0.05) is 333 Å². The van der Waals surface area contributed by atoms with E-state index in [1.807, 2.05) is 72.8 Å². The lowest BCUT2D eigenvalue weighted by Crippen LogP contribution is -1.92. The molecule has 0 heterocycles. The van der Waals surface area contributed by atoms with Crippen molar-refractivity contribution in [3.05, 3.63) is 364 Å². The van der Waals surface area contributed by atoms with E-state index in [0.717, 1.165) is 120 Å². The summed E-state index contributed by atoms with van der Waals surface area (Å²) in [4.78, 5) is 0. The van der Waals surface area contributed by atoms with Crippen LogP contribution >= 0.6 is 0 Å². The van der Waals surface area contributed by atoms with Gasteiger partial charge in [0, 0.05) is 0 Å². The maximum Gasteiger partial charge on any atom is 0.0629 e. The minimum absolute atomic E-state index is 0.205. The smallest absolute Gasteiger partial charge is 0.0622 e. The fourth-order valence-electron chi connectivity index (χ4n) is 14.0. The first-order valence-corrected chi connectivity index (χ1v) is 31.1. The highest BCUT2D eigenvalue weighted by Gasteiger charge is 2.21. The Morgan fingerprint density at radius 3 is 0.870 bits per heavy atom. The first kappa shape index (κ1) is 44.5. The van der Waals surface area contributed by atoms with E-state index >= 15 is 0 Å². The minimum atomic E-state index is -0.396. The average molecular weight is 1180 g/mol. The standard InChI is InChI=1S/2C46H30/c1-2-14-34(15-3-1)45-40-20-8-10-22-42(40)46(43-23-11-9-21-41(43)45)44-30-36(29-35-16-5-7-19-39(35)44)31-25-27-33(28-26-31)38-24-12-17-32-13-4-6-18-37(32)38;1-2-13-34(14-3-1)45-40-18-8-10-20-42(40)46(43-21-11-9-19-41(43)45)44-30-38(29-37-16-6-7-17-39(37)44)33-24-22-32(23-25-33)36-27-26-31-12-4-5-15-35(31)28-36/h2*1-30H/i1D,2D,3D,14D,15D;1D,2D,3D,13D,14D. The van der Waals surface area contributed by atoms with Gasteiger partial charge in [-0.25, -0.2) is 0 Å². The summed E-state index contributed by atoms with van der Waals surface area (Å²) >= 11 is 0. The summed E-state index contributed by atoms with van der Waals surface area (Å²) < 4.78 is 85.9. The van der Waals surface area contributed by atoms with Gasteiger partial charge in [-0.3, -0.25) is 0 Å². The zero-order valence-corrected chi connectivity index (χ0v) is 49.9. The molecule has 0 radical (unpaired) electrons. The first-order chi connectivity index (χ1) is 49.8. The van der Waals surface area contributed by atoms with Crippen molar-refractivity contribution >= 4 is 86.2 Å². The van der Waals surface area contributed by atoms with E-state index in [0.29, 0.717) is 11.1 Å². The molecule has 0 atom stereocenters. The van der Waals surface area contributed by atoms with Crippen LogP contribution in [0.2, 0.25) is 0 Å². The van der Waals surface area contributed by atoms with Crippen molar-refractivity contribution in [1.29, 1.82) is 0 Å². The summed E-state index contributed by atoms with van der Waals surface area (Å²) in [6.45, 7) is 0. The fourth-order valence-corrected chi connectivity index (χ4v) is 14.0. The Morgan fingerprint density at radius 2 is 0.446 bits per heavy atom. The van der Waals surface area contributed by atoms with E-state index in [1.165, 1.54) is 32.7 Å². The van der Waals surface area contributed by atoms with Crippen LogP contribution in [0.15, 0.2) is 364 Å². The van der Waals surface area contributed by atoms with Crippen LogP contribution in [-0.4, -0.2) is 0 Å². The molecule has 0 aliphatic carbocycles.